The molecule has 0 bridgehead atoms. The van der Waals surface area contributed by atoms with Gasteiger partial charge in [0.2, 0.25) is 0 Å². The summed E-state index contributed by atoms with van der Waals surface area (Å²) >= 11 is 0. The van der Waals surface area contributed by atoms with Crippen molar-refractivity contribution in [1.82, 2.24) is 17.8 Å². The first-order valence-electron chi connectivity index (χ1n) is 8.25. The van der Waals surface area contributed by atoms with Gasteiger partial charge in [0.15, 0.2) is 35.0 Å². The summed E-state index contributed by atoms with van der Waals surface area (Å²) in [6, 6.07) is 4.00. The molecule has 0 spiro atoms. The SMILES string of the molecule is CCN1[Si](CC)(CC)N[SiH2]N[Si](C)(C)N(C)[Si]1(C)CC. The summed E-state index contributed by atoms with van der Waals surface area (Å²) in [6.07, 6.45) is 0. The molecule has 0 saturated carbocycles. The summed E-state index contributed by atoms with van der Waals surface area (Å²) in [4.78, 5) is 0. The summed E-state index contributed by atoms with van der Waals surface area (Å²) in [5, 5.41) is 0. The molecule has 1 atom stereocenters. The van der Waals surface area contributed by atoms with Crippen LogP contribution >= 0.6 is 0 Å². The molecule has 2 N–H and O–H groups in total. The van der Waals surface area contributed by atoms with Crippen molar-refractivity contribution in [3.05, 3.63) is 0 Å². The van der Waals surface area contributed by atoms with Crippen molar-refractivity contribution in [2.24, 2.45) is 0 Å². The normalized spacial score (nSPS) is 33.0. The Morgan fingerprint density at radius 2 is 1.45 bits per heavy atom. The molecular weight excluding hydrogens is 313 g/mol. The van der Waals surface area contributed by atoms with Crippen LogP contribution in [0, 0.1) is 0 Å². The number of nitrogens with one attached hydrogen (secondary N) is 2. The van der Waals surface area contributed by atoms with Crippen LogP contribution in [0.4, 0.5) is 0 Å². The fourth-order valence-electron chi connectivity index (χ4n) is 3.84. The Labute approximate surface area is 132 Å². The van der Waals surface area contributed by atoms with E-state index < -0.39 is 25.2 Å². The zero-order valence-electron chi connectivity index (χ0n) is 14.9. The molecule has 4 nitrogen and oxygen atoms in total. The fourth-order valence-corrected chi connectivity index (χ4v) is 28.5. The Kier molecular flexibility index (Phi) is 6.43. The molecular formula is C12H36N4Si4. The van der Waals surface area contributed by atoms with E-state index in [1.54, 1.807) is 0 Å². The van der Waals surface area contributed by atoms with Crippen LogP contribution in [0.3, 0.4) is 0 Å². The van der Waals surface area contributed by atoms with Gasteiger partial charge in [-0.25, -0.2) is 0 Å². The number of hydrogen-bond acceptors (Lipinski definition) is 4. The van der Waals surface area contributed by atoms with E-state index in [2.05, 4.69) is 72.1 Å². The highest BCUT2D eigenvalue weighted by atomic mass is 28.5. The molecule has 1 rings (SSSR count). The second-order valence-electron chi connectivity index (χ2n) is 6.70. The van der Waals surface area contributed by atoms with Crippen LogP contribution in [0.25, 0.3) is 0 Å². The van der Waals surface area contributed by atoms with Gasteiger partial charge >= 0.3 is 0 Å². The smallest absolute Gasteiger partial charge is 0.191 e. The highest BCUT2D eigenvalue weighted by Gasteiger charge is 2.52. The van der Waals surface area contributed by atoms with Crippen LogP contribution in [-0.4, -0.2) is 57.1 Å². The van der Waals surface area contributed by atoms with E-state index in [0.29, 0.717) is 0 Å². The van der Waals surface area contributed by atoms with Crippen molar-refractivity contribution >= 4 is 35.0 Å². The van der Waals surface area contributed by atoms with E-state index in [1.165, 1.54) is 24.7 Å². The Morgan fingerprint density at radius 1 is 0.900 bits per heavy atom. The summed E-state index contributed by atoms with van der Waals surface area (Å²) < 4.78 is 14.0. The molecule has 1 unspecified atom stereocenters. The summed E-state index contributed by atoms with van der Waals surface area (Å²) in [5.74, 6) is 0. The lowest BCUT2D eigenvalue weighted by molar-refractivity contribution is 0.533. The van der Waals surface area contributed by atoms with Gasteiger partial charge in [-0.15, -0.1) is 0 Å². The lowest BCUT2D eigenvalue weighted by Gasteiger charge is -2.59. The van der Waals surface area contributed by atoms with Crippen molar-refractivity contribution < 1.29 is 0 Å². The lowest BCUT2D eigenvalue weighted by Crippen LogP contribution is -2.84. The first-order chi connectivity index (χ1) is 9.24. The molecule has 0 aromatic heterocycles. The Balaban J connectivity index is 3.34. The largest absolute Gasteiger partial charge is 0.341 e. The molecule has 0 radical (unpaired) electrons. The minimum absolute atomic E-state index is 0.346. The lowest BCUT2D eigenvalue weighted by atomic mass is 10.8. The van der Waals surface area contributed by atoms with E-state index in [1.807, 2.05) is 0 Å². The molecule has 20 heavy (non-hydrogen) atoms. The van der Waals surface area contributed by atoms with Crippen molar-refractivity contribution in [1.29, 1.82) is 0 Å². The maximum atomic E-state index is 4.14. The third-order valence-corrected chi connectivity index (χ3v) is 28.7. The third kappa shape index (κ3) is 3.07. The number of nitrogens with zero attached hydrogens (tertiary/aromatic N) is 2. The van der Waals surface area contributed by atoms with Gasteiger partial charge in [0.25, 0.3) is 0 Å². The standard InChI is InChI=1S/C12H36N4Si4/c1-9-16-19(8,10-2)15(5)18(6,7)13-17-14-20(16,11-3)12-4/h13-14H,9-12,17H2,1-8H3. The maximum Gasteiger partial charge on any atom is 0.191 e. The first-order valence-corrected chi connectivity index (χ1v) is 17.6. The van der Waals surface area contributed by atoms with E-state index in [9.17, 15) is 0 Å². The number of hydrogen-bond donors (Lipinski definition) is 2. The first kappa shape index (κ1) is 18.8. The van der Waals surface area contributed by atoms with Crippen molar-refractivity contribution in [2.45, 2.75) is 65.5 Å². The van der Waals surface area contributed by atoms with E-state index in [-0.39, 0.29) is 9.84 Å². The predicted octanol–water partition coefficient (Wildman–Crippen LogP) is 1.71. The van der Waals surface area contributed by atoms with Gasteiger partial charge in [-0.05, 0) is 51.4 Å². The zero-order valence-corrected chi connectivity index (χ0v) is 19.3. The van der Waals surface area contributed by atoms with Crippen molar-refractivity contribution in [3.63, 3.8) is 0 Å². The van der Waals surface area contributed by atoms with E-state index in [0.717, 1.165) is 0 Å². The second kappa shape index (κ2) is 6.86. The minimum atomic E-state index is -1.55. The molecule has 0 aliphatic carbocycles. The Bertz CT molecular complexity index is 325. The third-order valence-electron chi connectivity index (χ3n) is 5.75. The van der Waals surface area contributed by atoms with Crippen LogP contribution in [0.1, 0.15) is 27.7 Å². The maximum absolute atomic E-state index is 4.14. The molecule has 1 aliphatic rings. The topological polar surface area (TPSA) is 30.5 Å². The molecule has 1 saturated heterocycles. The molecule has 0 amide bonds. The summed E-state index contributed by atoms with van der Waals surface area (Å²) in [7, 11) is -2.41. The van der Waals surface area contributed by atoms with Crippen LogP contribution in [0.5, 0.6) is 0 Å². The number of rotatable bonds is 4. The van der Waals surface area contributed by atoms with Gasteiger partial charge in [-0.1, -0.05) is 27.7 Å². The molecule has 1 fully saturated rings. The quantitative estimate of drug-likeness (QED) is 0.757. The summed E-state index contributed by atoms with van der Waals surface area (Å²) in [6.45, 7) is 18.4. The molecule has 120 valence electrons. The average molecular weight is 349 g/mol. The van der Waals surface area contributed by atoms with Crippen LogP contribution in [-0.2, 0) is 0 Å². The Hall–Kier alpha value is 0.708. The van der Waals surface area contributed by atoms with Crippen LogP contribution < -0.4 is 9.30 Å². The minimum Gasteiger partial charge on any atom is -0.341 e. The van der Waals surface area contributed by atoms with Gasteiger partial charge in [-0.2, -0.15) is 0 Å². The van der Waals surface area contributed by atoms with E-state index in [4.69, 9.17) is 0 Å². The van der Waals surface area contributed by atoms with Gasteiger partial charge in [0, 0.05) is 0 Å². The highest BCUT2D eigenvalue weighted by molar-refractivity contribution is 7.00. The monoisotopic (exact) mass is 348 g/mol. The van der Waals surface area contributed by atoms with Gasteiger partial charge < -0.3 is 17.8 Å². The zero-order chi connectivity index (χ0) is 15.6. The average Bonchev–Trinajstić information content (AvgIpc) is 2.44. The van der Waals surface area contributed by atoms with Gasteiger partial charge in [0.1, 0.15) is 0 Å². The highest BCUT2D eigenvalue weighted by Crippen LogP contribution is 2.31. The molecule has 0 aromatic carbocycles. The van der Waals surface area contributed by atoms with Gasteiger partial charge in [-0.3, -0.25) is 0 Å². The predicted molar refractivity (Wildman–Crippen MR) is 101 cm³/mol. The molecule has 8 heteroatoms. The molecule has 1 aliphatic heterocycles. The van der Waals surface area contributed by atoms with Gasteiger partial charge in [0.05, 0.1) is 0 Å². The van der Waals surface area contributed by atoms with Crippen molar-refractivity contribution in [2.75, 3.05) is 13.6 Å². The van der Waals surface area contributed by atoms with Crippen molar-refractivity contribution in [3.8, 4) is 0 Å². The molecule has 1 heterocycles. The second-order valence-corrected chi connectivity index (χ2v) is 22.9. The Morgan fingerprint density at radius 3 is 1.85 bits per heavy atom. The van der Waals surface area contributed by atoms with Crippen LogP contribution in [0.2, 0.25) is 37.8 Å². The summed E-state index contributed by atoms with van der Waals surface area (Å²) in [5.41, 5.74) is 0. The van der Waals surface area contributed by atoms with E-state index >= 15 is 0 Å². The fraction of sp³-hybridized carbons (Fsp3) is 1.00. The molecule has 0 aromatic rings. The van der Waals surface area contributed by atoms with Crippen LogP contribution in [0.15, 0.2) is 0 Å².